The van der Waals surface area contributed by atoms with Crippen molar-refractivity contribution in [3.63, 3.8) is 0 Å². The Morgan fingerprint density at radius 1 is 1.12 bits per heavy atom. The zero-order valence-corrected chi connectivity index (χ0v) is 16.0. The molecule has 6 heteroatoms. The fourth-order valence-corrected chi connectivity index (χ4v) is 4.11. The van der Waals surface area contributed by atoms with Gasteiger partial charge in [-0.2, -0.15) is 5.10 Å². The molecule has 1 aliphatic heterocycles. The molecule has 132 valence electrons. The highest BCUT2D eigenvalue weighted by molar-refractivity contribution is 6.36. The zero-order chi connectivity index (χ0) is 18.3. The molecule has 4 rings (SSSR count). The van der Waals surface area contributed by atoms with Crippen LogP contribution >= 0.6 is 23.2 Å². The molecule has 3 aromatic rings. The summed E-state index contributed by atoms with van der Waals surface area (Å²) in [5.41, 5.74) is 7.00. The molecule has 2 aromatic carbocycles. The lowest BCUT2D eigenvalue weighted by molar-refractivity contribution is 0.536. The minimum absolute atomic E-state index is 0.0387. The molecule has 2 unspecified atom stereocenters. The molecule has 1 aliphatic rings. The lowest BCUT2D eigenvalue weighted by Crippen LogP contribution is -2.25. The number of nitrogens with one attached hydrogen (secondary N) is 1. The van der Waals surface area contributed by atoms with E-state index in [0.29, 0.717) is 10.0 Å². The lowest BCUT2D eigenvalue weighted by Gasteiger charge is -2.27. The summed E-state index contributed by atoms with van der Waals surface area (Å²) < 4.78 is 2.15. The van der Waals surface area contributed by atoms with E-state index in [0.717, 1.165) is 28.4 Å². The van der Waals surface area contributed by atoms with Crippen molar-refractivity contribution < 1.29 is 0 Å². The van der Waals surface area contributed by atoms with E-state index >= 15 is 0 Å². The average molecular weight is 385 g/mol. The number of aryl methyl sites for hydroxylation is 1. The summed E-state index contributed by atoms with van der Waals surface area (Å²) in [5, 5.41) is 5.93. The topological polar surface area (TPSA) is 42.2 Å². The molecular formula is C20H18Cl2N4. The van der Waals surface area contributed by atoms with E-state index in [1.54, 1.807) is 6.07 Å². The van der Waals surface area contributed by atoms with E-state index in [4.69, 9.17) is 28.3 Å². The van der Waals surface area contributed by atoms with E-state index in [9.17, 15) is 0 Å². The highest BCUT2D eigenvalue weighted by Crippen LogP contribution is 2.42. The van der Waals surface area contributed by atoms with E-state index in [1.807, 2.05) is 43.6 Å². The third-order valence-electron chi connectivity index (χ3n) is 4.85. The van der Waals surface area contributed by atoms with Gasteiger partial charge in [0.05, 0.1) is 22.5 Å². The van der Waals surface area contributed by atoms with Crippen LogP contribution in [-0.2, 0) is 0 Å². The maximum Gasteiger partial charge on any atom is 0.106 e. The van der Waals surface area contributed by atoms with Gasteiger partial charge >= 0.3 is 0 Å². The van der Waals surface area contributed by atoms with Crippen LogP contribution in [-0.4, -0.2) is 15.3 Å². The van der Waals surface area contributed by atoms with Gasteiger partial charge in [-0.15, -0.1) is 0 Å². The Labute approximate surface area is 162 Å². The zero-order valence-electron chi connectivity index (χ0n) is 14.4. The van der Waals surface area contributed by atoms with Crippen molar-refractivity contribution in [2.45, 2.75) is 25.8 Å². The van der Waals surface area contributed by atoms with E-state index < -0.39 is 0 Å². The summed E-state index contributed by atoms with van der Waals surface area (Å²) in [7, 11) is 0. The summed E-state index contributed by atoms with van der Waals surface area (Å²) in [6.45, 7) is 4.17. The highest BCUT2D eigenvalue weighted by atomic mass is 35.5. The fourth-order valence-electron chi connectivity index (χ4n) is 3.56. The monoisotopic (exact) mass is 384 g/mol. The predicted octanol–water partition coefficient (Wildman–Crippen LogP) is 5.67. The quantitative estimate of drug-likeness (QED) is 0.617. The van der Waals surface area contributed by atoms with Gasteiger partial charge in [0.2, 0.25) is 0 Å². The first kappa shape index (κ1) is 17.1. The summed E-state index contributed by atoms with van der Waals surface area (Å²) in [5.74, 6) is 1.02. The number of hydrogen-bond acceptors (Lipinski definition) is 3. The Kier molecular flexibility index (Phi) is 4.47. The number of fused-ring (bicyclic) bond motifs is 1. The predicted molar refractivity (Wildman–Crippen MR) is 107 cm³/mol. The second-order valence-corrected chi connectivity index (χ2v) is 7.29. The van der Waals surface area contributed by atoms with E-state index in [-0.39, 0.29) is 12.0 Å². The van der Waals surface area contributed by atoms with Crippen LogP contribution in [0.4, 0.5) is 5.69 Å². The van der Waals surface area contributed by atoms with Crippen LogP contribution in [0.5, 0.6) is 0 Å². The molecule has 0 radical (unpaired) electrons. The fraction of sp³-hybridized carbons (Fsp3) is 0.200. The van der Waals surface area contributed by atoms with Gasteiger partial charge < -0.3 is 4.57 Å². The van der Waals surface area contributed by atoms with Crippen LogP contribution < -0.4 is 5.43 Å². The van der Waals surface area contributed by atoms with Crippen LogP contribution in [0.2, 0.25) is 10.0 Å². The van der Waals surface area contributed by atoms with Crippen LogP contribution in [0, 0.1) is 6.92 Å². The molecule has 0 aliphatic carbocycles. The SMILES string of the molecule is Cc1nccn1C1C(c2ccccc2)=NNc2c(Cl)cc(Cl)cc2C1C. The Morgan fingerprint density at radius 2 is 1.88 bits per heavy atom. The maximum atomic E-state index is 6.45. The number of rotatable bonds is 2. The second-order valence-electron chi connectivity index (χ2n) is 6.44. The Bertz CT molecular complexity index is 979. The van der Waals surface area contributed by atoms with E-state index in [2.05, 4.69) is 34.0 Å². The molecule has 1 N–H and O–H groups in total. The minimum Gasteiger partial charge on any atom is -0.325 e. The number of aromatic nitrogens is 2. The Hall–Kier alpha value is -2.30. The van der Waals surface area contributed by atoms with Gasteiger partial charge in [0, 0.05) is 23.3 Å². The molecular weight excluding hydrogens is 367 g/mol. The van der Waals surface area contributed by atoms with Crippen molar-refractivity contribution in [1.29, 1.82) is 0 Å². The molecule has 0 fully saturated rings. The number of anilines is 1. The van der Waals surface area contributed by atoms with Crippen molar-refractivity contribution in [1.82, 2.24) is 9.55 Å². The summed E-state index contributed by atoms with van der Waals surface area (Å²) in [4.78, 5) is 4.41. The van der Waals surface area contributed by atoms with Crippen molar-refractivity contribution in [3.05, 3.63) is 81.9 Å². The summed E-state index contributed by atoms with van der Waals surface area (Å²) >= 11 is 12.7. The van der Waals surface area contributed by atoms with Gasteiger partial charge in [-0.05, 0) is 30.2 Å². The summed E-state index contributed by atoms with van der Waals surface area (Å²) in [6, 6.07) is 13.8. The van der Waals surface area contributed by atoms with Gasteiger partial charge in [0.15, 0.2) is 0 Å². The number of halogens is 2. The largest absolute Gasteiger partial charge is 0.325 e. The van der Waals surface area contributed by atoms with Crippen LogP contribution in [0.15, 0.2) is 60.0 Å². The molecule has 0 bridgehead atoms. The number of hydrogen-bond donors (Lipinski definition) is 1. The van der Waals surface area contributed by atoms with Crippen molar-refractivity contribution in [2.75, 3.05) is 5.43 Å². The number of nitrogens with zero attached hydrogens (tertiary/aromatic N) is 3. The van der Waals surface area contributed by atoms with Gasteiger partial charge in [-0.25, -0.2) is 4.98 Å². The van der Waals surface area contributed by atoms with Crippen molar-refractivity contribution >= 4 is 34.6 Å². The molecule has 0 amide bonds. The van der Waals surface area contributed by atoms with Gasteiger partial charge in [-0.1, -0.05) is 60.5 Å². The first-order valence-corrected chi connectivity index (χ1v) is 9.19. The van der Waals surface area contributed by atoms with Crippen molar-refractivity contribution in [3.8, 4) is 0 Å². The number of benzene rings is 2. The third kappa shape index (κ3) is 2.89. The van der Waals surface area contributed by atoms with E-state index in [1.165, 1.54) is 0 Å². The molecule has 0 spiro atoms. The van der Waals surface area contributed by atoms with Gasteiger partial charge in [0.1, 0.15) is 5.82 Å². The lowest BCUT2D eigenvalue weighted by atomic mass is 9.87. The molecule has 26 heavy (non-hydrogen) atoms. The van der Waals surface area contributed by atoms with Crippen molar-refractivity contribution in [2.24, 2.45) is 5.10 Å². The average Bonchev–Trinajstić information content (AvgIpc) is 2.99. The first-order chi connectivity index (χ1) is 12.6. The van der Waals surface area contributed by atoms with Crippen LogP contribution in [0.1, 0.15) is 35.8 Å². The smallest absolute Gasteiger partial charge is 0.106 e. The van der Waals surface area contributed by atoms with Gasteiger partial charge in [-0.3, -0.25) is 5.43 Å². The van der Waals surface area contributed by atoms with Crippen LogP contribution in [0.3, 0.4) is 0 Å². The molecule has 2 atom stereocenters. The number of imidazole rings is 1. The molecule has 4 nitrogen and oxygen atoms in total. The minimum atomic E-state index is -0.0387. The first-order valence-electron chi connectivity index (χ1n) is 8.43. The Morgan fingerprint density at radius 3 is 2.58 bits per heavy atom. The normalized spacial score (nSPS) is 19.3. The molecule has 0 saturated heterocycles. The van der Waals surface area contributed by atoms with Gasteiger partial charge in [0.25, 0.3) is 0 Å². The van der Waals surface area contributed by atoms with Crippen LogP contribution in [0.25, 0.3) is 0 Å². The molecule has 1 aromatic heterocycles. The highest BCUT2D eigenvalue weighted by Gasteiger charge is 2.32. The number of hydrazone groups is 1. The Balaban J connectivity index is 1.94. The second kappa shape index (κ2) is 6.78. The maximum absolute atomic E-state index is 6.45. The summed E-state index contributed by atoms with van der Waals surface area (Å²) in [6.07, 6.45) is 3.81. The molecule has 2 heterocycles. The standard InChI is InChI=1S/C20H18Cl2N4/c1-12-16-10-15(21)11-17(22)19(16)25-24-18(14-6-4-3-5-7-14)20(12)26-9-8-23-13(26)2/h3-12,20,25H,1-2H3. The molecule has 0 saturated carbocycles. The third-order valence-corrected chi connectivity index (χ3v) is 5.37.